The van der Waals surface area contributed by atoms with Gasteiger partial charge in [-0.25, -0.2) is 8.42 Å². The second-order valence-electron chi connectivity index (χ2n) is 4.49. The fourth-order valence-electron chi connectivity index (χ4n) is 2.29. The van der Waals surface area contributed by atoms with Gasteiger partial charge in [0.1, 0.15) is 4.21 Å². The molecule has 1 saturated heterocycles. The molecule has 0 bridgehead atoms. The van der Waals surface area contributed by atoms with Crippen molar-refractivity contribution in [2.45, 2.75) is 41.8 Å². The first-order chi connectivity index (χ1) is 8.41. The summed E-state index contributed by atoms with van der Waals surface area (Å²) in [4.78, 5) is 0. The van der Waals surface area contributed by atoms with Crippen molar-refractivity contribution < 1.29 is 8.42 Å². The Morgan fingerprint density at radius 2 is 2.28 bits per heavy atom. The van der Waals surface area contributed by atoms with Gasteiger partial charge in [-0.3, -0.25) is 0 Å². The van der Waals surface area contributed by atoms with Gasteiger partial charge in [-0.1, -0.05) is 11.6 Å². The molecule has 0 N–H and O–H groups in total. The Hall–Kier alpha value is 0.190. The van der Waals surface area contributed by atoms with E-state index in [4.69, 9.17) is 23.2 Å². The molecule has 0 amide bonds. The van der Waals surface area contributed by atoms with Gasteiger partial charge in [-0.05, 0) is 38.3 Å². The van der Waals surface area contributed by atoms with E-state index < -0.39 is 10.0 Å². The Morgan fingerprint density at radius 3 is 2.83 bits per heavy atom. The molecule has 0 saturated carbocycles. The van der Waals surface area contributed by atoms with E-state index in [0.29, 0.717) is 21.5 Å². The Morgan fingerprint density at radius 1 is 1.56 bits per heavy atom. The highest BCUT2D eigenvalue weighted by Crippen LogP contribution is 2.33. The minimum absolute atomic E-state index is 0.0160. The number of alkyl halides is 1. The summed E-state index contributed by atoms with van der Waals surface area (Å²) < 4.78 is 27.3. The first kappa shape index (κ1) is 14.6. The number of hydrogen-bond donors (Lipinski definition) is 0. The van der Waals surface area contributed by atoms with Gasteiger partial charge in [0.05, 0.1) is 4.34 Å². The van der Waals surface area contributed by atoms with E-state index in [2.05, 4.69) is 0 Å². The molecule has 1 aromatic rings. The van der Waals surface area contributed by atoms with Crippen molar-refractivity contribution in [3.63, 3.8) is 0 Å². The van der Waals surface area contributed by atoms with Gasteiger partial charge in [0.15, 0.2) is 0 Å². The highest BCUT2D eigenvalue weighted by Gasteiger charge is 2.36. The number of hydrogen-bond acceptors (Lipinski definition) is 3. The van der Waals surface area contributed by atoms with Gasteiger partial charge in [0.25, 0.3) is 10.0 Å². The van der Waals surface area contributed by atoms with Crippen molar-refractivity contribution in [3.8, 4) is 0 Å². The predicted molar refractivity (Wildman–Crippen MR) is 76.2 cm³/mol. The number of thiophene rings is 1. The van der Waals surface area contributed by atoms with Crippen LogP contribution in [0.1, 0.15) is 26.2 Å². The van der Waals surface area contributed by atoms with Gasteiger partial charge in [0, 0.05) is 18.0 Å². The van der Waals surface area contributed by atoms with E-state index in [1.54, 1.807) is 16.4 Å². The summed E-state index contributed by atoms with van der Waals surface area (Å²) in [6.07, 6.45) is 2.47. The summed E-state index contributed by atoms with van der Waals surface area (Å²) in [6, 6.07) is 3.21. The third kappa shape index (κ3) is 3.02. The molecule has 1 aliphatic heterocycles. The lowest BCUT2D eigenvalue weighted by Gasteiger charge is -2.24. The topological polar surface area (TPSA) is 37.4 Å². The summed E-state index contributed by atoms with van der Waals surface area (Å²) in [7, 11) is -3.40. The van der Waals surface area contributed by atoms with Gasteiger partial charge in [0.2, 0.25) is 0 Å². The number of nitrogens with zero attached hydrogens (tertiary/aromatic N) is 1. The lowest BCUT2D eigenvalue weighted by Crippen LogP contribution is -2.36. The summed E-state index contributed by atoms with van der Waals surface area (Å²) >= 11 is 12.9. The van der Waals surface area contributed by atoms with Gasteiger partial charge >= 0.3 is 0 Å². The molecule has 2 unspecified atom stereocenters. The lowest BCUT2D eigenvalue weighted by molar-refractivity contribution is 0.370. The van der Waals surface area contributed by atoms with Crippen LogP contribution < -0.4 is 0 Å². The largest absolute Gasteiger partial charge is 0.252 e. The average molecular weight is 328 g/mol. The Labute approximate surface area is 122 Å². The normalized spacial score (nSPS) is 23.4. The fraction of sp³-hybridized carbons (Fsp3) is 0.636. The van der Waals surface area contributed by atoms with Crippen LogP contribution in [0, 0.1) is 0 Å². The molecule has 2 rings (SSSR count). The van der Waals surface area contributed by atoms with Crippen molar-refractivity contribution in [2.75, 3.05) is 6.54 Å². The third-order valence-corrected chi connectivity index (χ3v) is 6.86. The van der Waals surface area contributed by atoms with Crippen LogP contribution in [0.4, 0.5) is 0 Å². The third-order valence-electron chi connectivity index (χ3n) is 3.03. The molecule has 0 spiro atoms. The smallest absolute Gasteiger partial charge is 0.206 e. The minimum Gasteiger partial charge on any atom is -0.206 e. The number of halogens is 2. The zero-order valence-electron chi connectivity index (χ0n) is 9.97. The standard InChI is InChI=1S/C11H15Cl2NO2S2/c1-8(12)7-9-3-2-6-14(9)18(15,16)11-5-4-10(13)17-11/h4-5,8-9H,2-3,6-7H2,1H3. The molecule has 2 heterocycles. The highest BCUT2D eigenvalue weighted by atomic mass is 35.5. The van der Waals surface area contributed by atoms with E-state index in [1.807, 2.05) is 6.92 Å². The van der Waals surface area contributed by atoms with Crippen LogP contribution in [0.15, 0.2) is 16.3 Å². The molecule has 7 heteroatoms. The Bertz CT molecular complexity index is 513. The van der Waals surface area contributed by atoms with Crippen LogP contribution in [-0.2, 0) is 10.0 Å². The maximum atomic E-state index is 12.5. The molecular weight excluding hydrogens is 313 g/mol. The molecule has 0 aromatic carbocycles. The summed E-state index contributed by atoms with van der Waals surface area (Å²) in [5.74, 6) is 0. The van der Waals surface area contributed by atoms with Crippen molar-refractivity contribution >= 4 is 44.6 Å². The van der Waals surface area contributed by atoms with E-state index >= 15 is 0 Å². The SMILES string of the molecule is CC(Cl)CC1CCCN1S(=O)(=O)c1ccc(Cl)s1. The maximum Gasteiger partial charge on any atom is 0.252 e. The van der Waals surface area contributed by atoms with Crippen LogP contribution in [0.5, 0.6) is 0 Å². The average Bonchev–Trinajstić information content (AvgIpc) is 2.86. The van der Waals surface area contributed by atoms with Crippen LogP contribution in [0.2, 0.25) is 4.34 Å². The second kappa shape index (κ2) is 5.67. The maximum absolute atomic E-state index is 12.5. The first-order valence-electron chi connectivity index (χ1n) is 5.82. The van der Waals surface area contributed by atoms with Crippen LogP contribution in [0.3, 0.4) is 0 Å². The van der Waals surface area contributed by atoms with E-state index in [-0.39, 0.29) is 11.4 Å². The summed E-state index contributed by atoms with van der Waals surface area (Å²) in [5.41, 5.74) is 0. The second-order valence-corrected chi connectivity index (χ2v) is 9.06. The van der Waals surface area contributed by atoms with Gasteiger partial charge in [-0.15, -0.1) is 22.9 Å². The number of rotatable bonds is 4. The molecule has 0 radical (unpaired) electrons. The fourth-order valence-corrected chi connectivity index (χ4v) is 5.81. The molecule has 1 fully saturated rings. The van der Waals surface area contributed by atoms with Crippen molar-refractivity contribution in [1.82, 2.24) is 4.31 Å². The zero-order valence-corrected chi connectivity index (χ0v) is 13.1. The van der Waals surface area contributed by atoms with E-state index in [9.17, 15) is 8.42 Å². The Balaban J connectivity index is 2.24. The highest BCUT2D eigenvalue weighted by molar-refractivity contribution is 7.91. The van der Waals surface area contributed by atoms with Crippen molar-refractivity contribution in [1.29, 1.82) is 0 Å². The first-order valence-corrected chi connectivity index (χ1v) is 8.89. The molecule has 18 heavy (non-hydrogen) atoms. The van der Waals surface area contributed by atoms with Gasteiger partial charge in [-0.2, -0.15) is 4.31 Å². The van der Waals surface area contributed by atoms with Crippen molar-refractivity contribution in [2.24, 2.45) is 0 Å². The molecule has 102 valence electrons. The molecule has 1 aliphatic rings. The summed E-state index contributed by atoms with van der Waals surface area (Å²) in [5, 5.41) is -0.0160. The predicted octanol–water partition coefficient (Wildman–Crippen LogP) is 3.57. The molecular formula is C11H15Cl2NO2S2. The van der Waals surface area contributed by atoms with E-state index in [0.717, 1.165) is 24.2 Å². The number of sulfonamides is 1. The van der Waals surface area contributed by atoms with E-state index in [1.165, 1.54) is 0 Å². The van der Waals surface area contributed by atoms with Crippen LogP contribution >= 0.6 is 34.5 Å². The monoisotopic (exact) mass is 327 g/mol. The zero-order chi connectivity index (χ0) is 13.3. The Kier molecular flexibility index (Phi) is 4.60. The quantitative estimate of drug-likeness (QED) is 0.793. The van der Waals surface area contributed by atoms with Crippen molar-refractivity contribution in [3.05, 3.63) is 16.5 Å². The molecule has 0 aliphatic carbocycles. The molecule has 3 nitrogen and oxygen atoms in total. The van der Waals surface area contributed by atoms with Crippen LogP contribution in [0.25, 0.3) is 0 Å². The van der Waals surface area contributed by atoms with Gasteiger partial charge < -0.3 is 0 Å². The summed E-state index contributed by atoms with van der Waals surface area (Å²) in [6.45, 7) is 2.47. The van der Waals surface area contributed by atoms with Crippen LogP contribution in [-0.4, -0.2) is 30.7 Å². The minimum atomic E-state index is -3.40. The lowest BCUT2D eigenvalue weighted by atomic mass is 10.1. The molecule has 2 atom stereocenters. The molecule has 1 aromatic heterocycles.